The molecule has 1 N–H and O–H groups in total. The standard InChI is InChI=1S/C18H18ClNO5S/c1-10-6-7-13(19)11(2)16(10)20(12(3)17(22)23)15(21)9-26-18(24)14-5-4-8-25-14/h4-8,12H,9H2,1-3H3,(H,22,23)/t12-/m0/s1. The molecule has 6 nitrogen and oxygen atoms in total. The topological polar surface area (TPSA) is 87.8 Å². The van der Waals surface area contributed by atoms with Gasteiger partial charge in [0.15, 0.2) is 5.76 Å². The Balaban J connectivity index is 2.31. The number of nitrogens with zero attached hydrogens (tertiary/aromatic N) is 1. The number of aliphatic carboxylic acids is 1. The number of carbonyl (C=O) groups is 3. The number of carboxylic acid groups (broad SMARTS) is 1. The highest BCUT2D eigenvalue weighted by Crippen LogP contribution is 2.32. The van der Waals surface area contributed by atoms with Gasteiger partial charge in [-0.2, -0.15) is 0 Å². The normalized spacial score (nSPS) is 11.8. The fourth-order valence-corrected chi connectivity index (χ4v) is 3.29. The molecule has 1 amide bonds. The van der Waals surface area contributed by atoms with Gasteiger partial charge in [-0.05, 0) is 50.1 Å². The number of halogens is 1. The fourth-order valence-electron chi connectivity index (χ4n) is 2.49. The molecule has 1 aromatic carbocycles. The molecular weight excluding hydrogens is 378 g/mol. The Bertz CT molecular complexity index is 834. The number of aryl methyl sites for hydroxylation is 1. The molecule has 0 aliphatic carbocycles. The van der Waals surface area contributed by atoms with E-state index in [1.807, 2.05) is 0 Å². The molecule has 0 saturated heterocycles. The number of hydrogen-bond acceptors (Lipinski definition) is 5. The molecule has 0 saturated carbocycles. The number of rotatable bonds is 6. The van der Waals surface area contributed by atoms with Gasteiger partial charge < -0.3 is 9.52 Å². The van der Waals surface area contributed by atoms with Crippen LogP contribution in [-0.2, 0) is 9.59 Å². The Kier molecular flexibility index (Phi) is 6.50. The van der Waals surface area contributed by atoms with E-state index in [-0.39, 0.29) is 11.5 Å². The van der Waals surface area contributed by atoms with Gasteiger partial charge in [0.05, 0.1) is 17.7 Å². The summed E-state index contributed by atoms with van der Waals surface area (Å²) < 4.78 is 5.01. The van der Waals surface area contributed by atoms with Crippen LogP contribution in [0.4, 0.5) is 5.69 Å². The first kappa shape index (κ1) is 20.1. The van der Waals surface area contributed by atoms with Crippen LogP contribution < -0.4 is 4.90 Å². The van der Waals surface area contributed by atoms with Gasteiger partial charge in [0.2, 0.25) is 5.91 Å². The summed E-state index contributed by atoms with van der Waals surface area (Å²) in [6.07, 6.45) is 1.37. The summed E-state index contributed by atoms with van der Waals surface area (Å²) in [6.45, 7) is 4.91. The van der Waals surface area contributed by atoms with Crippen molar-refractivity contribution in [1.29, 1.82) is 0 Å². The summed E-state index contributed by atoms with van der Waals surface area (Å²) in [6, 6.07) is 5.38. The second-order valence-electron chi connectivity index (χ2n) is 5.67. The first-order valence-corrected chi connectivity index (χ1v) is 9.11. The molecule has 0 aliphatic heterocycles. The van der Waals surface area contributed by atoms with E-state index in [2.05, 4.69) is 0 Å². The zero-order valence-electron chi connectivity index (χ0n) is 14.5. The van der Waals surface area contributed by atoms with Crippen LogP contribution in [0.15, 0.2) is 34.9 Å². The molecule has 0 radical (unpaired) electrons. The summed E-state index contributed by atoms with van der Waals surface area (Å²) in [5.41, 5.74) is 1.77. The van der Waals surface area contributed by atoms with Gasteiger partial charge in [-0.3, -0.25) is 14.5 Å². The highest BCUT2D eigenvalue weighted by Gasteiger charge is 2.30. The van der Waals surface area contributed by atoms with E-state index in [0.29, 0.717) is 16.3 Å². The lowest BCUT2D eigenvalue weighted by atomic mass is 10.1. The van der Waals surface area contributed by atoms with Crippen LogP contribution in [0.1, 0.15) is 28.6 Å². The van der Waals surface area contributed by atoms with Crippen molar-refractivity contribution in [3.05, 3.63) is 52.4 Å². The highest BCUT2D eigenvalue weighted by atomic mass is 35.5. The van der Waals surface area contributed by atoms with Crippen molar-refractivity contribution in [1.82, 2.24) is 0 Å². The van der Waals surface area contributed by atoms with E-state index >= 15 is 0 Å². The smallest absolute Gasteiger partial charge is 0.326 e. The molecule has 1 aromatic heterocycles. The summed E-state index contributed by atoms with van der Waals surface area (Å²) in [5.74, 6) is -1.74. The number of amides is 1. The van der Waals surface area contributed by atoms with E-state index in [1.165, 1.54) is 24.2 Å². The van der Waals surface area contributed by atoms with Gasteiger partial charge in [0.25, 0.3) is 5.12 Å². The third-order valence-electron chi connectivity index (χ3n) is 3.87. The second kappa shape index (κ2) is 8.42. The van der Waals surface area contributed by atoms with Crippen molar-refractivity contribution in [3.63, 3.8) is 0 Å². The predicted molar refractivity (Wildman–Crippen MR) is 101 cm³/mol. The lowest BCUT2D eigenvalue weighted by Gasteiger charge is -2.30. The van der Waals surface area contributed by atoms with Gasteiger partial charge >= 0.3 is 5.97 Å². The molecule has 0 bridgehead atoms. The number of thioether (sulfide) groups is 1. The largest absolute Gasteiger partial charge is 0.480 e. The number of benzene rings is 1. The van der Waals surface area contributed by atoms with Crippen LogP contribution in [-0.4, -0.2) is 33.9 Å². The van der Waals surface area contributed by atoms with Crippen LogP contribution in [0.5, 0.6) is 0 Å². The monoisotopic (exact) mass is 395 g/mol. The van der Waals surface area contributed by atoms with Gasteiger partial charge in [-0.25, -0.2) is 4.79 Å². The Hall–Kier alpha value is -2.25. The molecule has 138 valence electrons. The third kappa shape index (κ3) is 4.28. The van der Waals surface area contributed by atoms with Crippen molar-refractivity contribution in [2.24, 2.45) is 0 Å². The Morgan fingerprint density at radius 2 is 1.96 bits per heavy atom. The summed E-state index contributed by atoms with van der Waals surface area (Å²) in [5, 5.41) is 9.46. The van der Waals surface area contributed by atoms with E-state index < -0.39 is 23.0 Å². The van der Waals surface area contributed by atoms with E-state index in [0.717, 1.165) is 17.3 Å². The Morgan fingerprint density at radius 1 is 1.27 bits per heavy atom. The fraction of sp³-hybridized carbons (Fsp3) is 0.278. The van der Waals surface area contributed by atoms with Crippen LogP contribution in [0.25, 0.3) is 0 Å². The molecule has 0 fully saturated rings. The molecule has 1 atom stereocenters. The minimum absolute atomic E-state index is 0.135. The van der Waals surface area contributed by atoms with Crippen molar-refractivity contribution >= 4 is 46.0 Å². The van der Waals surface area contributed by atoms with Crippen LogP contribution >= 0.6 is 23.4 Å². The first-order chi connectivity index (χ1) is 12.2. The van der Waals surface area contributed by atoms with Crippen molar-refractivity contribution in [2.75, 3.05) is 10.7 Å². The molecule has 0 unspecified atom stereocenters. The lowest BCUT2D eigenvalue weighted by Crippen LogP contribution is -2.45. The molecule has 2 rings (SSSR count). The molecule has 0 spiro atoms. The summed E-state index contributed by atoms with van der Waals surface area (Å²) >= 11 is 6.92. The first-order valence-electron chi connectivity index (χ1n) is 7.75. The SMILES string of the molecule is Cc1ccc(Cl)c(C)c1N(C(=O)CSC(=O)c1ccco1)[C@@H](C)C(=O)O. The average molecular weight is 396 g/mol. The number of hydrogen-bond donors (Lipinski definition) is 1. The van der Waals surface area contributed by atoms with E-state index in [9.17, 15) is 19.5 Å². The zero-order chi connectivity index (χ0) is 19.4. The lowest BCUT2D eigenvalue weighted by molar-refractivity contribution is -0.139. The number of furan rings is 1. The van der Waals surface area contributed by atoms with Crippen molar-refractivity contribution < 1.29 is 23.9 Å². The van der Waals surface area contributed by atoms with Gasteiger partial charge in [0.1, 0.15) is 6.04 Å². The van der Waals surface area contributed by atoms with Crippen molar-refractivity contribution in [3.8, 4) is 0 Å². The summed E-state index contributed by atoms with van der Waals surface area (Å²) in [7, 11) is 0. The Labute approximate surface area is 160 Å². The Morgan fingerprint density at radius 3 is 2.54 bits per heavy atom. The maximum absolute atomic E-state index is 12.8. The van der Waals surface area contributed by atoms with E-state index in [1.54, 1.807) is 32.0 Å². The zero-order valence-corrected chi connectivity index (χ0v) is 16.1. The van der Waals surface area contributed by atoms with Crippen LogP contribution in [0.2, 0.25) is 5.02 Å². The van der Waals surface area contributed by atoms with Crippen molar-refractivity contribution in [2.45, 2.75) is 26.8 Å². The minimum Gasteiger partial charge on any atom is -0.480 e. The molecule has 1 heterocycles. The number of carboxylic acids is 1. The second-order valence-corrected chi connectivity index (χ2v) is 7.02. The third-order valence-corrected chi connectivity index (χ3v) is 5.13. The average Bonchev–Trinajstić information content (AvgIpc) is 3.13. The molecule has 26 heavy (non-hydrogen) atoms. The summed E-state index contributed by atoms with van der Waals surface area (Å²) in [4.78, 5) is 37.5. The number of carbonyl (C=O) groups excluding carboxylic acids is 2. The predicted octanol–water partition coefficient (Wildman–Crippen LogP) is 3.93. The highest BCUT2D eigenvalue weighted by molar-refractivity contribution is 8.14. The number of anilines is 1. The quantitative estimate of drug-likeness (QED) is 0.797. The maximum Gasteiger partial charge on any atom is 0.326 e. The molecule has 0 aliphatic rings. The minimum atomic E-state index is -1.15. The molecule has 2 aromatic rings. The maximum atomic E-state index is 12.8. The molecule has 8 heteroatoms. The van der Waals surface area contributed by atoms with E-state index in [4.69, 9.17) is 16.0 Å². The van der Waals surface area contributed by atoms with Crippen LogP contribution in [0, 0.1) is 13.8 Å². The van der Waals surface area contributed by atoms with Gasteiger partial charge in [-0.15, -0.1) is 0 Å². The van der Waals surface area contributed by atoms with Gasteiger partial charge in [-0.1, -0.05) is 29.4 Å². The van der Waals surface area contributed by atoms with Crippen LogP contribution in [0.3, 0.4) is 0 Å². The molecular formula is C18H18ClNO5S. The van der Waals surface area contributed by atoms with Gasteiger partial charge in [0, 0.05) is 5.02 Å².